The fraction of sp³-hybridized carbons (Fsp3) is 0.350. The summed E-state index contributed by atoms with van der Waals surface area (Å²) in [5.74, 6) is -0.642. The van der Waals surface area contributed by atoms with Crippen molar-refractivity contribution in [2.75, 3.05) is 6.54 Å². The van der Waals surface area contributed by atoms with Gasteiger partial charge >= 0.3 is 5.97 Å². The molecule has 3 nitrogen and oxygen atoms in total. The molecule has 0 spiro atoms. The molecule has 23 heavy (non-hydrogen) atoms. The van der Waals surface area contributed by atoms with Crippen molar-refractivity contribution in [2.24, 2.45) is 0 Å². The Morgan fingerprint density at radius 2 is 1.61 bits per heavy atom. The predicted molar refractivity (Wildman–Crippen MR) is 91.9 cm³/mol. The van der Waals surface area contributed by atoms with Gasteiger partial charge in [-0.3, -0.25) is 4.79 Å². The van der Waals surface area contributed by atoms with Crippen LogP contribution in [0.2, 0.25) is 0 Å². The second-order valence-electron chi connectivity index (χ2n) is 6.13. The van der Waals surface area contributed by atoms with Crippen LogP contribution in [0, 0.1) is 0 Å². The summed E-state index contributed by atoms with van der Waals surface area (Å²) >= 11 is 0. The van der Waals surface area contributed by atoms with E-state index in [1.807, 2.05) is 6.92 Å². The number of likely N-dealkylation sites (N-methyl/N-ethyl adjacent to an activating group) is 1. The van der Waals surface area contributed by atoms with Crippen molar-refractivity contribution in [3.8, 4) is 0 Å². The third-order valence-electron chi connectivity index (χ3n) is 4.74. The van der Waals surface area contributed by atoms with Gasteiger partial charge in [0.15, 0.2) is 0 Å². The number of aryl methyl sites for hydroxylation is 2. The summed E-state index contributed by atoms with van der Waals surface area (Å²) in [6.45, 7) is 2.61. The Kier molecular flexibility index (Phi) is 4.77. The van der Waals surface area contributed by atoms with Gasteiger partial charge in [-0.2, -0.15) is 0 Å². The van der Waals surface area contributed by atoms with Crippen molar-refractivity contribution in [3.63, 3.8) is 0 Å². The molecule has 0 amide bonds. The number of carboxylic acid groups (broad SMARTS) is 1. The van der Waals surface area contributed by atoms with Crippen LogP contribution in [0.25, 0.3) is 0 Å². The third-order valence-corrected chi connectivity index (χ3v) is 4.74. The second-order valence-corrected chi connectivity index (χ2v) is 6.13. The van der Waals surface area contributed by atoms with E-state index in [0.29, 0.717) is 13.0 Å². The largest absolute Gasteiger partial charge is 0.480 e. The Hall–Kier alpha value is -2.13. The van der Waals surface area contributed by atoms with Crippen LogP contribution in [-0.2, 0) is 17.6 Å². The van der Waals surface area contributed by atoms with Crippen molar-refractivity contribution >= 4 is 5.97 Å². The lowest BCUT2D eigenvalue weighted by Gasteiger charge is -2.24. The van der Waals surface area contributed by atoms with Gasteiger partial charge in [0.25, 0.3) is 0 Å². The molecule has 1 aliphatic rings. The van der Waals surface area contributed by atoms with E-state index >= 15 is 0 Å². The van der Waals surface area contributed by atoms with Gasteiger partial charge in [-0.05, 0) is 48.1 Å². The van der Waals surface area contributed by atoms with Gasteiger partial charge in [-0.25, -0.2) is 0 Å². The Bertz CT molecular complexity index is 648. The molecule has 3 rings (SSSR count). The minimum absolute atomic E-state index is 0.130. The normalized spacial score (nSPS) is 15.3. The van der Waals surface area contributed by atoms with Crippen molar-refractivity contribution in [1.29, 1.82) is 0 Å². The fourth-order valence-electron chi connectivity index (χ4n) is 3.65. The van der Waals surface area contributed by atoms with E-state index < -0.39 is 12.0 Å². The zero-order valence-electron chi connectivity index (χ0n) is 13.5. The molecule has 0 bridgehead atoms. The fourth-order valence-corrected chi connectivity index (χ4v) is 3.65. The zero-order valence-corrected chi connectivity index (χ0v) is 13.5. The molecule has 0 aromatic heterocycles. The van der Waals surface area contributed by atoms with Crippen molar-refractivity contribution in [3.05, 3.63) is 70.8 Å². The van der Waals surface area contributed by atoms with E-state index in [4.69, 9.17) is 0 Å². The van der Waals surface area contributed by atoms with Crippen LogP contribution < -0.4 is 5.32 Å². The summed E-state index contributed by atoms with van der Waals surface area (Å²) in [4.78, 5) is 11.6. The van der Waals surface area contributed by atoms with Gasteiger partial charge in [0.1, 0.15) is 6.04 Å². The van der Waals surface area contributed by atoms with Crippen LogP contribution in [-0.4, -0.2) is 23.7 Å². The first-order valence-corrected chi connectivity index (χ1v) is 8.32. The van der Waals surface area contributed by atoms with E-state index in [-0.39, 0.29) is 5.92 Å². The van der Waals surface area contributed by atoms with Crippen molar-refractivity contribution < 1.29 is 9.90 Å². The highest BCUT2D eigenvalue weighted by Crippen LogP contribution is 2.37. The SMILES string of the molecule is CCNC(CC1c2ccccc2CCc2ccccc21)C(=O)O. The van der Waals surface area contributed by atoms with Gasteiger partial charge in [0.05, 0.1) is 0 Å². The number of hydrogen-bond donors (Lipinski definition) is 2. The summed E-state index contributed by atoms with van der Waals surface area (Å²) in [6.07, 6.45) is 2.61. The number of rotatable bonds is 5. The topological polar surface area (TPSA) is 49.3 Å². The van der Waals surface area contributed by atoms with Crippen LogP contribution in [0.1, 0.15) is 41.5 Å². The third kappa shape index (κ3) is 3.30. The Balaban J connectivity index is 2.04. The summed E-state index contributed by atoms with van der Waals surface area (Å²) in [5, 5.41) is 12.7. The number of hydrogen-bond acceptors (Lipinski definition) is 2. The van der Waals surface area contributed by atoms with Crippen molar-refractivity contribution in [1.82, 2.24) is 5.32 Å². The van der Waals surface area contributed by atoms with Crippen LogP contribution >= 0.6 is 0 Å². The molecule has 1 aliphatic carbocycles. The molecular weight excluding hydrogens is 286 g/mol. The highest BCUT2D eigenvalue weighted by molar-refractivity contribution is 5.73. The molecule has 2 N–H and O–H groups in total. The van der Waals surface area contributed by atoms with E-state index in [9.17, 15) is 9.90 Å². The zero-order chi connectivity index (χ0) is 16.2. The molecule has 0 saturated carbocycles. The summed E-state index contributed by atoms with van der Waals surface area (Å²) < 4.78 is 0. The van der Waals surface area contributed by atoms with E-state index in [2.05, 4.69) is 53.8 Å². The maximum Gasteiger partial charge on any atom is 0.320 e. The van der Waals surface area contributed by atoms with Crippen LogP contribution in [0.3, 0.4) is 0 Å². The minimum Gasteiger partial charge on any atom is -0.480 e. The highest BCUT2D eigenvalue weighted by atomic mass is 16.4. The maximum atomic E-state index is 11.6. The molecular formula is C20H23NO2. The number of fused-ring (bicyclic) bond motifs is 2. The molecule has 120 valence electrons. The smallest absolute Gasteiger partial charge is 0.320 e. The van der Waals surface area contributed by atoms with E-state index in [1.54, 1.807) is 0 Å². The molecule has 2 aromatic carbocycles. The molecule has 0 saturated heterocycles. The molecule has 0 fully saturated rings. The number of carboxylic acids is 1. The lowest BCUT2D eigenvalue weighted by atomic mass is 9.83. The molecule has 2 aromatic rings. The van der Waals surface area contributed by atoms with Crippen LogP contribution in [0.15, 0.2) is 48.5 Å². The quantitative estimate of drug-likeness (QED) is 0.890. The highest BCUT2D eigenvalue weighted by Gasteiger charge is 2.28. The molecule has 0 aliphatic heterocycles. The number of nitrogens with one attached hydrogen (secondary N) is 1. The van der Waals surface area contributed by atoms with Gasteiger partial charge in [0, 0.05) is 5.92 Å². The molecule has 1 unspecified atom stereocenters. The average Bonchev–Trinajstić information content (AvgIpc) is 2.72. The Morgan fingerprint density at radius 1 is 1.09 bits per heavy atom. The van der Waals surface area contributed by atoms with E-state index in [1.165, 1.54) is 22.3 Å². The number of carbonyl (C=O) groups is 1. The first-order chi connectivity index (χ1) is 11.2. The van der Waals surface area contributed by atoms with E-state index in [0.717, 1.165) is 12.8 Å². The summed E-state index contributed by atoms with van der Waals surface area (Å²) in [5.41, 5.74) is 5.24. The molecule has 1 atom stereocenters. The second kappa shape index (κ2) is 6.97. The standard InChI is InChI=1S/C20H23NO2/c1-2-21-19(20(22)23)13-18-16-9-5-3-7-14(16)11-12-15-8-4-6-10-17(15)18/h3-10,18-19,21H,2,11-13H2,1H3,(H,22,23). The summed E-state index contributed by atoms with van der Waals surface area (Å²) in [6, 6.07) is 16.4. The monoisotopic (exact) mass is 309 g/mol. The van der Waals surface area contributed by atoms with Crippen LogP contribution in [0.5, 0.6) is 0 Å². The summed E-state index contributed by atoms with van der Waals surface area (Å²) in [7, 11) is 0. The minimum atomic E-state index is -0.772. The molecule has 3 heteroatoms. The Labute approximate surface area is 137 Å². The first kappa shape index (κ1) is 15.8. The van der Waals surface area contributed by atoms with Gasteiger partial charge in [-0.15, -0.1) is 0 Å². The van der Waals surface area contributed by atoms with Gasteiger partial charge in [-0.1, -0.05) is 55.5 Å². The lowest BCUT2D eigenvalue weighted by Crippen LogP contribution is -2.38. The molecule has 0 radical (unpaired) electrons. The first-order valence-electron chi connectivity index (χ1n) is 8.32. The van der Waals surface area contributed by atoms with Gasteiger partial charge < -0.3 is 10.4 Å². The average molecular weight is 309 g/mol. The maximum absolute atomic E-state index is 11.6. The van der Waals surface area contributed by atoms with Crippen LogP contribution in [0.4, 0.5) is 0 Å². The van der Waals surface area contributed by atoms with Gasteiger partial charge in [0.2, 0.25) is 0 Å². The molecule has 0 heterocycles. The lowest BCUT2D eigenvalue weighted by molar-refractivity contribution is -0.139. The number of benzene rings is 2. The number of aliphatic carboxylic acids is 1. The predicted octanol–water partition coefficient (Wildman–Crippen LogP) is 3.37. The van der Waals surface area contributed by atoms with Crippen molar-refractivity contribution in [2.45, 2.75) is 38.1 Å². The Morgan fingerprint density at radius 3 is 2.09 bits per heavy atom.